The zero-order chi connectivity index (χ0) is 14.5. The van der Waals surface area contributed by atoms with Crippen LogP contribution in [0.1, 0.15) is 18.2 Å². The highest BCUT2D eigenvalue weighted by molar-refractivity contribution is 7.53. The van der Waals surface area contributed by atoms with Crippen LogP contribution in [0.5, 0.6) is 0 Å². The van der Waals surface area contributed by atoms with E-state index >= 15 is 0 Å². The Morgan fingerprint density at radius 3 is 2.90 bits per heavy atom. The summed E-state index contributed by atoms with van der Waals surface area (Å²) in [6, 6.07) is 0. The van der Waals surface area contributed by atoms with E-state index in [1.165, 1.54) is 17.4 Å². The van der Waals surface area contributed by atoms with Gasteiger partial charge in [0.05, 0.1) is 12.7 Å². The number of H-pyrrole nitrogens is 1. The Kier molecular flexibility index (Phi) is 3.21. The van der Waals surface area contributed by atoms with Crippen molar-refractivity contribution in [2.45, 2.75) is 31.8 Å². The lowest BCUT2D eigenvalue weighted by Crippen LogP contribution is -2.33. The maximum Gasteiger partial charge on any atom is 0.330 e. The molecule has 9 heteroatoms. The lowest BCUT2D eigenvalue weighted by atomic mass is 10.2. The van der Waals surface area contributed by atoms with Crippen LogP contribution in [0.2, 0.25) is 0 Å². The van der Waals surface area contributed by atoms with E-state index in [1.807, 2.05) is 0 Å². The molecule has 110 valence electrons. The van der Waals surface area contributed by atoms with E-state index in [0.29, 0.717) is 12.0 Å². The molecule has 3 rings (SSSR count). The van der Waals surface area contributed by atoms with Crippen molar-refractivity contribution in [1.82, 2.24) is 9.55 Å². The number of hydrogen-bond donors (Lipinski definition) is 1. The van der Waals surface area contributed by atoms with Crippen LogP contribution in [0.4, 0.5) is 0 Å². The van der Waals surface area contributed by atoms with Gasteiger partial charge in [0, 0.05) is 24.8 Å². The van der Waals surface area contributed by atoms with Crippen LogP contribution in [0, 0.1) is 6.92 Å². The van der Waals surface area contributed by atoms with Gasteiger partial charge in [-0.1, -0.05) is 0 Å². The molecule has 2 aliphatic rings. The van der Waals surface area contributed by atoms with Gasteiger partial charge in [0.15, 0.2) is 0 Å². The van der Waals surface area contributed by atoms with Gasteiger partial charge in [-0.05, 0) is 6.92 Å². The number of aryl methyl sites for hydroxylation is 1. The minimum Gasteiger partial charge on any atom is -0.349 e. The third-order valence-electron chi connectivity index (χ3n) is 3.44. The average molecular weight is 302 g/mol. The van der Waals surface area contributed by atoms with Gasteiger partial charge in [-0.25, -0.2) is 4.79 Å². The molecule has 2 saturated heterocycles. The predicted molar refractivity (Wildman–Crippen MR) is 68.9 cm³/mol. The molecule has 4 unspecified atom stereocenters. The number of fused-ring (bicyclic) bond motifs is 1. The van der Waals surface area contributed by atoms with Crippen LogP contribution >= 0.6 is 7.60 Å². The van der Waals surface area contributed by atoms with E-state index in [4.69, 9.17) is 13.8 Å². The molecule has 0 radical (unpaired) electrons. The Labute approximate surface area is 114 Å². The van der Waals surface area contributed by atoms with Crippen LogP contribution in [0.15, 0.2) is 15.8 Å². The highest BCUT2D eigenvalue weighted by Crippen LogP contribution is 2.52. The van der Waals surface area contributed by atoms with Crippen LogP contribution < -0.4 is 11.2 Å². The molecule has 0 spiro atoms. The fraction of sp³-hybridized carbons (Fsp3) is 0.636. The summed E-state index contributed by atoms with van der Waals surface area (Å²) in [4.78, 5) is 25.4. The molecule has 0 bridgehead atoms. The van der Waals surface area contributed by atoms with E-state index in [-0.39, 0.29) is 18.8 Å². The maximum absolute atomic E-state index is 11.8. The predicted octanol–water partition coefficient (Wildman–Crippen LogP) is 0.371. The molecule has 0 aliphatic carbocycles. The Morgan fingerprint density at radius 1 is 1.40 bits per heavy atom. The van der Waals surface area contributed by atoms with Gasteiger partial charge in [0.1, 0.15) is 12.3 Å². The van der Waals surface area contributed by atoms with Gasteiger partial charge in [0.2, 0.25) is 0 Å². The van der Waals surface area contributed by atoms with E-state index in [1.54, 1.807) is 6.92 Å². The Hall–Kier alpha value is -1.21. The molecule has 0 aromatic carbocycles. The van der Waals surface area contributed by atoms with Crippen molar-refractivity contribution in [2.24, 2.45) is 0 Å². The first kappa shape index (κ1) is 13.8. The molecule has 8 nitrogen and oxygen atoms in total. The number of aromatic amines is 1. The number of rotatable bonds is 1. The van der Waals surface area contributed by atoms with Gasteiger partial charge < -0.3 is 13.8 Å². The lowest BCUT2D eigenvalue weighted by molar-refractivity contribution is -0.0580. The summed E-state index contributed by atoms with van der Waals surface area (Å²) in [5.41, 5.74) is -0.537. The molecule has 2 aliphatic heterocycles. The first-order valence-corrected chi connectivity index (χ1v) is 8.23. The van der Waals surface area contributed by atoms with E-state index in [0.717, 1.165) is 0 Å². The Morgan fingerprint density at radius 2 is 2.15 bits per heavy atom. The molecule has 3 heterocycles. The van der Waals surface area contributed by atoms with Crippen LogP contribution in [-0.4, -0.2) is 35.0 Å². The molecule has 0 amide bonds. The summed E-state index contributed by atoms with van der Waals surface area (Å²) >= 11 is 0. The van der Waals surface area contributed by atoms with E-state index in [9.17, 15) is 14.2 Å². The molecular formula is C11H15N2O6P. The molecule has 0 saturated carbocycles. The molecule has 2 fully saturated rings. The standard InChI is InChI=1S/C11H15N2O6P/c1-6-4-13(11(15)12-10(6)14)9-3-7-8(18-9)5-17-20(2,16)19-7/h4,7-9H,3,5H2,1-2H3,(H,12,14,15). The molecule has 1 aromatic heterocycles. The average Bonchev–Trinajstić information content (AvgIpc) is 2.74. The van der Waals surface area contributed by atoms with Crippen molar-refractivity contribution in [3.05, 3.63) is 32.6 Å². The summed E-state index contributed by atoms with van der Waals surface area (Å²) in [7, 11) is -3.03. The quantitative estimate of drug-likeness (QED) is 0.752. The number of ether oxygens (including phenoxy) is 1. The number of hydrogen-bond acceptors (Lipinski definition) is 6. The maximum atomic E-state index is 11.8. The third-order valence-corrected chi connectivity index (χ3v) is 4.71. The third kappa shape index (κ3) is 2.40. The fourth-order valence-corrected chi connectivity index (χ4v) is 3.61. The zero-order valence-electron chi connectivity index (χ0n) is 11.1. The monoisotopic (exact) mass is 302 g/mol. The zero-order valence-corrected chi connectivity index (χ0v) is 12.0. The van der Waals surface area contributed by atoms with Gasteiger partial charge in [-0.2, -0.15) is 0 Å². The molecule has 1 aromatic rings. The van der Waals surface area contributed by atoms with Crippen LogP contribution in [0.3, 0.4) is 0 Å². The Bertz CT molecular complexity index is 695. The smallest absolute Gasteiger partial charge is 0.330 e. The summed E-state index contributed by atoms with van der Waals surface area (Å²) in [5, 5.41) is 0. The summed E-state index contributed by atoms with van der Waals surface area (Å²) in [5.74, 6) is 0. The molecule has 1 N–H and O–H groups in total. The first-order valence-electron chi connectivity index (χ1n) is 6.24. The topological polar surface area (TPSA) is 99.6 Å². The van der Waals surface area contributed by atoms with Crippen LogP contribution in [-0.2, 0) is 18.3 Å². The van der Waals surface area contributed by atoms with Crippen molar-refractivity contribution in [3.63, 3.8) is 0 Å². The van der Waals surface area contributed by atoms with Gasteiger partial charge in [0.25, 0.3) is 5.56 Å². The second-order valence-electron chi connectivity index (χ2n) is 5.05. The minimum absolute atomic E-state index is 0.173. The minimum atomic E-state index is -3.03. The summed E-state index contributed by atoms with van der Waals surface area (Å²) in [6.45, 7) is 3.19. The highest BCUT2D eigenvalue weighted by Gasteiger charge is 2.45. The second kappa shape index (κ2) is 4.66. The van der Waals surface area contributed by atoms with Gasteiger partial charge >= 0.3 is 13.3 Å². The SMILES string of the molecule is Cc1cn(C2CC3OP(C)(=O)OCC3O2)c(=O)[nH]c1=O. The fourth-order valence-electron chi connectivity index (χ4n) is 2.42. The summed E-state index contributed by atoms with van der Waals surface area (Å²) < 4.78 is 29.2. The number of nitrogens with zero attached hydrogens (tertiary/aromatic N) is 1. The Balaban J connectivity index is 1.88. The van der Waals surface area contributed by atoms with Crippen molar-refractivity contribution in [1.29, 1.82) is 0 Å². The largest absolute Gasteiger partial charge is 0.349 e. The highest BCUT2D eigenvalue weighted by atomic mass is 31.2. The first-order chi connectivity index (χ1) is 9.35. The van der Waals surface area contributed by atoms with E-state index in [2.05, 4.69) is 4.98 Å². The van der Waals surface area contributed by atoms with Crippen molar-refractivity contribution in [2.75, 3.05) is 13.3 Å². The van der Waals surface area contributed by atoms with Crippen molar-refractivity contribution < 1.29 is 18.3 Å². The van der Waals surface area contributed by atoms with Crippen LogP contribution in [0.25, 0.3) is 0 Å². The van der Waals surface area contributed by atoms with Gasteiger partial charge in [-0.15, -0.1) is 0 Å². The van der Waals surface area contributed by atoms with Gasteiger partial charge in [-0.3, -0.25) is 18.9 Å². The normalized spacial score (nSPS) is 36.8. The molecule has 20 heavy (non-hydrogen) atoms. The lowest BCUT2D eigenvalue weighted by Gasteiger charge is -2.28. The number of aromatic nitrogens is 2. The molecular weight excluding hydrogens is 287 g/mol. The van der Waals surface area contributed by atoms with Crippen molar-refractivity contribution in [3.8, 4) is 0 Å². The van der Waals surface area contributed by atoms with E-state index < -0.39 is 25.1 Å². The molecule has 4 atom stereocenters. The number of nitrogens with one attached hydrogen (secondary N) is 1. The second-order valence-corrected chi connectivity index (χ2v) is 7.07. The van der Waals surface area contributed by atoms with Crippen molar-refractivity contribution >= 4 is 7.60 Å². The summed E-state index contributed by atoms with van der Waals surface area (Å²) in [6.07, 6.45) is 0.548.